The summed E-state index contributed by atoms with van der Waals surface area (Å²) in [6.45, 7) is 4.97. The van der Waals surface area contributed by atoms with E-state index in [-0.39, 0.29) is 12.4 Å². The molecule has 1 atom stereocenters. The molecule has 0 fully saturated rings. The molecule has 0 N–H and O–H groups in total. The Kier molecular flexibility index (Phi) is 7.96. The monoisotopic (exact) mass is 239 g/mol. The van der Waals surface area contributed by atoms with Crippen LogP contribution in [0.1, 0.15) is 24.3 Å². The van der Waals surface area contributed by atoms with E-state index in [1.54, 1.807) is 0 Å². The lowest BCUT2D eigenvalue weighted by Crippen LogP contribution is -2.15. The van der Waals surface area contributed by atoms with E-state index in [0.717, 1.165) is 13.0 Å². The highest BCUT2D eigenvalue weighted by Crippen LogP contribution is 2.23. The van der Waals surface area contributed by atoms with Gasteiger partial charge < -0.3 is 4.90 Å². The van der Waals surface area contributed by atoms with Gasteiger partial charge in [0.2, 0.25) is 0 Å². The van der Waals surface area contributed by atoms with E-state index in [2.05, 4.69) is 55.9 Å². The summed E-state index contributed by atoms with van der Waals surface area (Å²) in [5, 5.41) is 0. The molecule has 0 aliphatic rings. The summed E-state index contributed by atoms with van der Waals surface area (Å²) in [6.07, 6.45) is 4.29. The fourth-order valence-electron chi connectivity index (χ4n) is 1.76. The van der Waals surface area contributed by atoms with Crippen LogP contribution in [0.2, 0.25) is 0 Å². The zero-order valence-corrected chi connectivity index (χ0v) is 11.0. The Morgan fingerprint density at radius 1 is 1.25 bits per heavy atom. The summed E-state index contributed by atoms with van der Waals surface area (Å²) < 4.78 is 0. The number of hydrogen-bond donors (Lipinski definition) is 0. The lowest BCUT2D eigenvalue weighted by atomic mass is 9.92. The Labute approximate surface area is 106 Å². The van der Waals surface area contributed by atoms with Gasteiger partial charge in [0.15, 0.2) is 0 Å². The van der Waals surface area contributed by atoms with Crippen LogP contribution in [0.15, 0.2) is 43.0 Å². The average molecular weight is 240 g/mol. The molecule has 1 rings (SSSR count). The first-order chi connectivity index (χ1) is 7.24. The Hall–Kier alpha value is -0.790. The van der Waals surface area contributed by atoms with Crippen molar-refractivity contribution in [2.24, 2.45) is 0 Å². The molecule has 0 saturated heterocycles. The Morgan fingerprint density at radius 2 is 1.88 bits per heavy atom. The molecule has 1 unspecified atom stereocenters. The second-order valence-electron chi connectivity index (χ2n) is 4.22. The molecule has 1 nitrogen and oxygen atoms in total. The smallest absolute Gasteiger partial charge is 0.00189 e. The van der Waals surface area contributed by atoms with Gasteiger partial charge >= 0.3 is 0 Å². The first-order valence-corrected chi connectivity index (χ1v) is 5.54. The zero-order valence-electron chi connectivity index (χ0n) is 10.2. The van der Waals surface area contributed by atoms with Gasteiger partial charge in [0.05, 0.1) is 0 Å². The van der Waals surface area contributed by atoms with Crippen molar-refractivity contribution in [3.63, 3.8) is 0 Å². The summed E-state index contributed by atoms with van der Waals surface area (Å²) >= 11 is 0. The van der Waals surface area contributed by atoms with Crippen LogP contribution in [-0.4, -0.2) is 25.5 Å². The van der Waals surface area contributed by atoms with E-state index in [1.807, 2.05) is 6.08 Å². The van der Waals surface area contributed by atoms with Crippen molar-refractivity contribution in [1.29, 1.82) is 0 Å². The van der Waals surface area contributed by atoms with Crippen molar-refractivity contribution >= 4 is 12.4 Å². The number of halogens is 1. The molecular formula is C14H22ClN. The minimum absolute atomic E-state index is 0. The predicted molar refractivity (Wildman–Crippen MR) is 74.4 cm³/mol. The lowest BCUT2D eigenvalue weighted by molar-refractivity contribution is 0.381. The van der Waals surface area contributed by atoms with Crippen molar-refractivity contribution in [2.45, 2.75) is 18.8 Å². The van der Waals surface area contributed by atoms with Gasteiger partial charge in [-0.1, -0.05) is 36.4 Å². The maximum atomic E-state index is 3.84. The van der Waals surface area contributed by atoms with Crippen LogP contribution in [0.3, 0.4) is 0 Å². The largest absolute Gasteiger partial charge is 0.309 e. The van der Waals surface area contributed by atoms with E-state index < -0.39 is 0 Å². The fourth-order valence-corrected chi connectivity index (χ4v) is 1.76. The summed E-state index contributed by atoms with van der Waals surface area (Å²) in [5.41, 5.74) is 1.43. The summed E-state index contributed by atoms with van der Waals surface area (Å²) in [6, 6.07) is 10.7. The zero-order chi connectivity index (χ0) is 11.1. The molecule has 0 saturated carbocycles. The van der Waals surface area contributed by atoms with Crippen molar-refractivity contribution in [1.82, 2.24) is 4.90 Å². The van der Waals surface area contributed by atoms with E-state index in [1.165, 1.54) is 12.0 Å². The molecule has 0 amide bonds. The Morgan fingerprint density at radius 3 is 2.38 bits per heavy atom. The second-order valence-corrected chi connectivity index (χ2v) is 4.22. The van der Waals surface area contributed by atoms with Crippen molar-refractivity contribution in [3.05, 3.63) is 48.6 Å². The molecular weight excluding hydrogens is 218 g/mol. The van der Waals surface area contributed by atoms with E-state index in [4.69, 9.17) is 0 Å². The first kappa shape index (κ1) is 15.2. The molecule has 0 bridgehead atoms. The number of benzene rings is 1. The van der Waals surface area contributed by atoms with Gasteiger partial charge in [0.1, 0.15) is 0 Å². The highest BCUT2D eigenvalue weighted by atomic mass is 35.5. The van der Waals surface area contributed by atoms with Crippen LogP contribution in [0.5, 0.6) is 0 Å². The molecule has 0 spiro atoms. The molecule has 0 aromatic heterocycles. The SMILES string of the molecule is C=CCC(CCN(C)C)c1ccccc1.Cl. The van der Waals surface area contributed by atoms with Crippen LogP contribution < -0.4 is 0 Å². The highest BCUT2D eigenvalue weighted by Gasteiger charge is 2.09. The van der Waals surface area contributed by atoms with Gasteiger partial charge in [-0.15, -0.1) is 19.0 Å². The van der Waals surface area contributed by atoms with Crippen LogP contribution in [0.4, 0.5) is 0 Å². The van der Waals surface area contributed by atoms with Gasteiger partial charge in [0.25, 0.3) is 0 Å². The van der Waals surface area contributed by atoms with Crippen LogP contribution in [0.25, 0.3) is 0 Å². The van der Waals surface area contributed by atoms with Gasteiger partial charge in [-0.2, -0.15) is 0 Å². The molecule has 0 aliphatic carbocycles. The number of rotatable bonds is 6. The van der Waals surface area contributed by atoms with Crippen molar-refractivity contribution in [3.8, 4) is 0 Å². The molecule has 90 valence electrons. The third-order valence-corrected chi connectivity index (χ3v) is 2.65. The summed E-state index contributed by atoms with van der Waals surface area (Å²) in [7, 11) is 4.24. The predicted octanol–water partition coefficient (Wildman–Crippen LogP) is 3.72. The third kappa shape index (κ3) is 5.34. The molecule has 1 aromatic carbocycles. The summed E-state index contributed by atoms with van der Waals surface area (Å²) in [4.78, 5) is 2.24. The number of nitrogens with zero attached hydrogens (tertiary/aromatic N) is 1. The Balaban J connectivity index is 0.00000225. The normalized spacial score (nSPS) is 11.9. The highest BCUT2D eigenvalue weighted by molar-refractivity contribution is 5.85. The second kappa shape index (κ2) is 8.37. The van der Waals surface area contributed by atoms with Gasteiger partial charge in [0, 0.05) is 0 Å². The number of allylic oxidation sites excluding steroid dienone is 1. The fraction of sp³-hybridized carbons (Fsp3) is 0.429. The first-order valence-electron chi connectivity index (χ1n) is 5.54. The quantitative estimate of drug-likeness (QED) is 0.684. The minimum Gasteiger partial charge on any atom is -0.309 e. The summed E-state index contributed by atoms with van der Waals surface area (Å²) in [5.74, 6) is 0.617. The van der Waals surface area contributed by atoms with Crippen molar-refractivity contribution in [2.75, 3.05) is 20.6 Å². The maximum Gasteiger partial charge on any atom is -0.00189 e. The molecule has 0 heterocycles. The maximum absolute atomic E-state index is 3.84. The average Bonchev–Trinajstić information content (AvgIpc) is 2.25. The topological polar surface area (TPSA) is 3.24 Å². The van der Waals surface area contributed by atoms with E-state index >= 15 is 0 Å². The lowest BCUT2D eigenvalue weighted by Gasteiger charge is -2.18. The van der Waals surface area contributed by atoms with E-state index in [9.17, 15) is 0 Å². The molecule has 2 heteroatoms. The van der Waals surface area contributed by atoms with Gasteiger partial charge in [-0.25, -0.2) is 0 Å². The standard InChI is InChI=1S/C14H21N.ClH/c1-4-8-13(11-12-15(2)3)14-9-6-5-7-10-14;/h4-7,9-10,13H,1,8,11-12H2,2-3H3;1H. The third-order valence-electron chi connectivity index (χ3n) is 2.65. The van der Waals surface area contributed by atoms with Crippen LogP contribution in [0, 0.1) is 0 Å². The van der Waals surface area contributed by atoms with Gasteiger partial charge in [-0.3, -0.25) is 0 Å². The van der Waals surface area contributed by atoms with Crippen molar-refractivity contribution < 1.29 is 0 Å². The van der Waals surface area contributed by atoms with Gasteiger partial charge in [-0.05, 0) is 45.0 Å². The van der Waals surface area contributed by atoms with Crippen LogP contribution in [-0.2, 0) is 0 Å². The minimum atomic E-state index is 0. The van der Waals surface area contributed by atoms with Crippen LogP contribution >= 0.6 is 12.4 Å². The van der Waals surface area contributed by atoms with E-state index in [0.29, 0.717) is 5.92 Å². The Bertz CT molecular complexity index is 282. The number of hydrogen-bond acceptors (Lipinski definition) is 1. The molecule has 16 heavy (non-hydrogen) atoms. The molecule has 0 aliphatic heterocycles. The molecule has 0 radical (unpaired) electrons. The molecule has 1 aromatic rings.